The van der Waals surface area contributed by atoms with Crippen LogP contribution in [0.5, 0.6) is 0 Å². The summed E-state index contributed by atoms with van der Waals surface area (Å²) in [7, 11) is -3.64. The van der Waals surface area contributed by atoms with E-state index in [9.17, 15) is 0 Å². The Hall–Kier alpha value is -2.37. The van der Waals surface area contributed by atoms with Crippen LogP contribution < -0.4 is 0 Å². The summed E-state index contributed by atoms with van der Waals surface area (Å²) in [5.41, 5.74) is 15.9. The smallest absolute Gasteiger partial charge is 0.116 e. The van der Waals surface area contributed by atoms with Gasteiger partial charge >= 0.3 is 0 Å². The van der Waals surface area contributed by atoms with Crippen LogP contribution in [0.25, 0.3) is 0 Å². The number of hydrogen-bond donors (Lipinski definition) is 0. The highest BCUT2D eigenvalue weighted by Crippen LogP contribution is 2.42. The van der Waals surface area contributed by atoms with Gasteiger partial charge in [-0.05, 0) is 99.2 Å². The Balaban J connectivity index is 2.68. The molecule has 0 aromatic rings. The van der Waals surface area contributed by atoms with Crippen molar-refractivity contribution in [2.24, 2.45) is 0 Å². The fourth-order valence-electron chi connectivity index (χ4n) is 7.42. The van der Waals surface area contributed by atoms with Crippen molar-refractivity contribution in [2.75, 3.05) is 0 Å². The molecule has 0 spiro atoms. The average molecular weight is 553 g/mol. The fourth-order valence-corrected chi connectivity index (χ4v) is 17.7. The maximum atomic E-state index is 3.75. The van der Waals surface area contributed by atoms with Gasteiger partial charge in [-0.15, -0.1) is 11.1 Å². The minimum atomic E-state index is -1.82. The van der Waals surface area contributed by atoms with Gasteiger partial charge in [0.05, 0.1) is 5.57 Å². The quantitative estimate of drug-likeness (QED) is 0.227. The monoisotopic (exact) mass is 552 g/mol. The highest BCUT2D eigenvalue weighted by atomic mass is 28.3. The maximum absolute atomic E-state index is 3.75. The molecular formula is C37H52Si2. The second-order valence-corrected chi connectivity index (χ2v) is 24.3. The number of rotatable bonds is 6. The van der Waals surface area contributed by atoms with Crippen molar-refractivity contribution in [3.05, 3.63) is 46.6 Å². The molecule has 0 fully saturated rings. The van der Waals surface area contributed by atoms with Crippen LogP contribution in [0.15, 0.2) is 46.6 Å². The molecule has 0 N–H and O–H groups in total. The van der Waals surface area contributed by atoms with Crippen LogP contribution in [0, 0.1) is 46.6 Å². The third kappa shape index (κ3) is 7.24. The van der Waals surface area contributed by atoms with E-state index in [0.29, 0.717) is 33.2 Å². The lowest BCUT2D eigenvalue weighted by molar-refractivity contribution is 0.838. The van der Waals surface area contributed by atoms with Gasteiger partial charge in [-0.25, -0.2) is 0 Å². The molecule has 2 heteroatoms. The van der Waals surface area contributed by atoms with Gasteiger partial charge in [0.1, 0.15) is 16.1 Å². The van der Waals surface area contributed by atoms with Crippen molar-refractivity contribution in [3.63, 3.8) is 0 Å². The molecule has 0 aromatic heterocycles. The van der Waals surface area contributed by atoms with Gasteiger partial charge in [0, 0.05) is 5.57 Å². The van der Waals surface area contributed by atoms with Crippen LogP contribution in [0.4, 0.5) is 0 Å². The molecule has 0 aromatic carbocycles. The minimum absolute atomic E-state index is 0.592. The molecule has 0 heterocycles. The van der Waals surface area contributed by atoms with Gasteiger partial charge in [0.15, 0.2) is 0 Å². The van der Waals surface area contributed by atoms with Crippen molar-refractivity contribution in [1.82, 2.24) is 0 Å². The van der Waals surface area contributed by atoms with Crippen LogP contribution >= 0.6 is 0 Å². The Labute approximate surface area is 244 Å². The van der Waals surface area contributed by atoms with Crippen molar-refractivity contribution >= 4 is 16.1 Å². The van der Waals surface area contributed by atoms with Gasteiger partial charge in [-0.2, -0.15) is 0 Å². The minimum Gasteiger partial charge on any atom is -0.116 e. The summed E-state index contributed by atoms with van der Waals surface area (Å²) >= 11 is 0. The lowest BCUT2D eigenvalue weighted by Crippen LogP contribution is -2.43. The highest BCUT2D eigenvalue weighted by Gasteiger charge is 2.42. The molecule has 0 atom stereocenters. The van der Waals surface area contributed by atoms with E-state index in [0.717, 1.165) is 24.0 Å². The van der Waals surface area contributed by atoms with Crippen LogP contribution in [-0.4, -0.2) is 16.1 Å². The molecule has 2 aliphatic rings. The van der Waals surface area contributed by atoms with Gasteiger partial charge in [0.25, 0.3) is 0 Å². The van der Waals surface area contributed by atoms with Gasteiger partial charge in [-0.3, -0.25) is 0 Å². The molecule has 0 radical (unpaired) electrons. The molecule has 0 saturated carbocycles. The largest absolute Gasteiger partial charge is 0.147 e. The third-order valence-electron chi connectivity index (χ3n) is 9.32. The molecule has 0 aliphatic heterocycles. The predicted octanol–water partition coefficient (Wildman–Crippen LogP) is 10.3. The van der Waals surface area contributed by atoms with Crippen molar-refractivity contribution in [2.45, 2.75) is 136 Å². The molecule has 208 valence electrons. The maximum Gasteiger partial charge on any atom is 0.147 e. The Morgan fingerprint density at radius 2 is 0.974 bits per heavy atom. The van der Waals surface area contributed by atoms with Gasteiger partial charge < -0.3 is 0 Å². The summed E-state index contributed by atoms with van der Waals surface area (Å²) in [6, 6.07) is 0. The Kier molecular flexibility index (Phi) is 12.1. The van der Waals surface area contributed by atoms with Crippen LogP contribution in [0.2, 0.25) is 33.2 Å². The zero-order chi connectivity index (χ0) is 29.4. The predicted molar refractivity (Wildman–Crippen MR) is 179 cm³/mol. The summed E-state index contributed by atoms with van der Waals surface area (Å²) < 4.78 is 0. The number of allylic oxidation sites excluding steroid dienone is 8. The van der Waals surface area contributed by atoms with Crippen molar-refractivity contribution in [1.29, 1.82) is 0 Å². The Morgan fingerprint density at radius 3 is 1.38 bits per heavy atom. The first kappa shape index (κ1) is 32.8. The fraction of sp³-hybridized carbons (Fsp3) is 0.568. The first-order chi connectivity index (χ1) is 18.3. The molecular weight excluding hydrogens is 501 g/mol. The molecule has 0 unspecified atom stereocenters. The van der Waals surface area contributed by atoms with E-state index in [1.165, 1.54) is 17.6 Å². The van der Waals surface area contributed by atoms with E-state index >= 15 is 0 Å². The first-order valence-corrected chi connectivity index (χ1v) is 19.7. The molecule has 39 heavy (non-hydrogen) atoms. The van der Waals surface area contributed by atoms with Crippen LogP contribution in [0.1, 0.15) is 102 Å². The van der Waals surface area contributed by atoms with Gasteiger partial charge in [0.2, 0.25) is 0 Å². The lowest BCUT2D eigenvalue weighted by Gasteiger charge is -2.37. The summed E-state index contributed by atoms with van der Waals surface area (Å²) in [5, 5.41) is 0. The normalized spacial score (nSPS) is 15.1. The van der Waals surface area contributed by atoms with E-state index in [1.54, 1.807) is 0 Å². The van der Waals surface area contributed by atoms with Crippen molar-refractivity contribution < 1.29 is 0 Å². The molecule has 0 bridgehead atoms. The van der Waals surface area contributed by atoms with Crippen LogP contribution in [-0.2, 0) is 0 Å². The summed E-state index contributed by atoms with van der Waals surface area (Å²) in [5.74, 6) is 20.0. The summed E-state index contributed by atoms with van der Waals surface area (Å²) in [6.45, 7) is 28.1. The highest BCUT2D eigenvalue weighted by molar-refractivity contribution is 6.91. The standard InChI is InChI=1S/C37H52Si2/c1-28(2)38(29(3)4,30(5)6)26-17-15-21-34(36-24-14-13-20-35-23-19-25-37(35)36)22-16-18-27-39(31(7)8,32(9)10)33(11)12/h13-14,20,24,28-33H,19,23,25H2,1-12H3. The zero-order valence-corrected chi connectivity index (χ0v) is 28.9. The van der Waals surface area contributed by atoms with E-state index < -0.39 is 16.1 Å². The third-order valence-corrected chi connectivity index (χ3v) is 21.9. The summed E-state index contributed by atoms with van der Waals surface area (Å²) in [6.07, 6.45) is 12.1. The summed E-state index contributed by atoms with van der Waals surface area (Å²) in [4.78, 5) is 0. The number of hydrogen-bond acceptors (Lipinski definition) is 0. The first-order valence-electron chi connectivity index (χ1n) is 15.2. The van der Waals surface area contributed by atoms with E-state index in [4.69, 9.17) is 0 Å². The van der Waals surface area contributed by atoms with E-state index in [1.807, 2.05) is 0 Å². The molecule has 0 saturated heterocycles. The SMILES string of the molecule is CC(C)[Si](C#CC#CC(C#CC#C[Si](C(C)C)(C(C)C)C(C)C)=C1C=CC=CC2=C1CCC2)(C(C)C)C(C)C. The van der Waals surface area contributed by atoms with Gasteiger partial charge in [-0.1, -0.05) is 107 Å². The molecule has 0 amide bonds. The topological polar surface area (TPSA) is 0 Å². The second-order valence-electron chi connectivity index (χ2n) is 13.2. The van der Waals surface area contributed by atoms with Crippen molar-refractivity contribution in [3.8, 4) is 46.6 Å². The zero-order valence-electron chi connectivity index (χ0n) is 26.9. The second kappa shape index (κ2) is 14.3. The average Bonchev–Trinajstić information content (AvgIpc) is 3.20. The molecule has 2 aliphatic carbocycles. The molecule has 2 rings (SSSR count). The Morgan fingerprint density at radius 1 is 0.564 bits per heavy atom. The molecule has 0 nitrogen and oxygen atoms in total. The lowest BCUT2D eigenvalue weighted by atomic mass is 9.97. The van der Waals surface area contributed by atoms with Crippen LogP contribution in [0.3, 0.4) is 0 Å². The van der Waals surface area contributed by atoms with E-state index in [2.05, 4.69) is 154 Å². The van der Waals surface area contributed by atoms with E-state index in [-0.39, 0.29) is 0 Å². The Bertz CT molecular complexity index is 1150.